The second-order valence-corrected chi connectivity index (χ2v) is 7.72. The molecule has 0 atom stereocenters. The molecule has 1 aliphatic heterocycles. The quantitative estimate of drug-likeness (QED) is 0.334. The highest BCUT2D eigenvalue weighted by molar-refractivity contribution is 5.95. The minimum Gasteiger partial charge on any atom is -0.493 e. The summed E-state index contributed by atoms with van der Waals surface area (Å²) in [6, 6.07) is 11.2. The number of likely N-dealkylation sites (tertiary alicyclic amines) is 1. The smallest absolute Gasteiger partial charge is 0.302 e. The molecule has 0 bridgehead atoms. The third kappa shape index (κ3) is 4.59. The van der Waals surface area contributed by atoms with Crippen LogP contribution in [-0.2, 0) is 11.5 Å². The molecule has 166 valence electrons. The number of aromatic nitrogens is 1. The Morgan fingerprint density at radius 3 is 2.59 bits per heavy atom. The van der Waals surface area contributed by atoms with Gasteiger partial charge in [-0.15, -0.1) is 10.2 Å². The summed E-state index contributed by atoms with van der Waals surface area (Å²) in [5.41, 5.74) is 2.00. The van der Waals surface area contributed by atoms with E-state index in [-0.39, 0.29) is 23.9 Å². The fourth-order valence-corrected chi connectivity index (χ4v) is 3.75. The van der Waals surface area contributed by atoms with Crippen molar-refractivity contribution in [2.24, 2.45) is 10.2 Å². The molecule has 32 heavy (non-hydrogen) atoms. The Labute approximate surface area is 183 Å². The summed E-state index contributed by atoms with van der Waals surface area (Å²) in [4.78, 5) is 24.6. The standard InChI is InChI=1S/C22H23N5O5/c1-15-4-9-19-18(12-15)21(22(29)26(19)14-25-10-2-3-11-25)24-23-20(28)13-32-17-7-5-16(6-8-17)27(30)31/h4-9,12,29H,2-3,10-11,13-14H2,1H3. The Morgan fingerprint density at radius 1 is 1.19 bits per heavy atom. The average Bonchev–Trinajstić information content (AvgIpc) is 3.38. The Kier molecular flexibility index (Phi) is 6.13. The van der Waals surface area contributed by atoms with Gasteiger partial charge in [-0.3, -0.25) is 24.4 Å². The van der Waals surface area contributed by atoms with Crippen LogP contribution in [0, 0.1) is 17.0 Å². The number of aromatic hydroxyl groups is 1. The molecule has 0 spiro atoms. The van der Waals surface area contributed by atoms with Gasteiger partial charge in [-0.25, -0.2) is 0 Å². The molecular formula is C22H23N5O5. The zero-order chi connectivity index (χ0) is 22.7. The van der Waals surface area contributed by atoms with Crippen molar-refractivity contribution in [3.8, 4) is 11.6 Å². The molecule has 0 saturated carbocycles. The molecule has 1 saturated heterocycles. The number of benzene rings is 2. The van der Waals surface area contributed by atoms with E-state index in [2.05, 4.69) is 15.1 Å². The number of fused-ring (bicyclic) bond motifs is 1. The number of nitro groups is 1. The number of hydrogen-bond acceptors (Lipinski definition) is 7. The lowest BCUT2D eigenvalue weighted by molar-refractivity contribution is -0.384. The monoisotopic (exact) mass is 437 g/mol. The van der Waals surface area contributed by atoms with Crippen molar-refractivity contribution in [2.75, 3.05) is 19.7 Å². The highest BCUT2D eigenvalue weighted by Gasteiger charge is 2.20. The number of non-ortho nitro benzene ring substituents is 1. The topological polar surface area (TPSA) is 123 Å². The number of nitro benzene ring substituents is 1. The predicted octanol–water partition coefficient (Wildman–Crippen LogP) is 4.31. The van der Waals surface area contributed by atoms with Gasteiger partial charge in [0.25, 0.3) is 5.69 Å². The van der Waals surface area contributed by atoms with E-state index in [0.29, 0.717) is 12.4 Å². The highest BCUT2D eigenvalue weighted by Crippen LogP contribution is 2.39. The van der Waals surface area contributed by atoms with Gasteiger partial charge in [0.05, 0.1) is 17.1 Å². The number of ether oxygens (including phenoxy) is 1. The molecule has 2 aromatic carbocycles. The van der Waals surface area contributed by atoms with E-state index in [4.69, 9.17) is 4.74 Å². The maximum atomic E-state index is 12.2. The van der Waals surface area contributed by atoms with E-state index in [1.165, 1.54) is 24.3 Å². The molecule has 4 rings (SSSR count). The van der Waals surface area contributed by atoms with E-state index in [0.717, 1.165) is 42.4 Å². The molecule has 1 aromatic heterocycles. The van der Waals surface area contributed by atoms with Gasteiger partial charge < -0.3 is 9.84 Å². The summed E-state index contributed by atoms with van der Waals surface area (Å²) < 4.78 is 7.11. The normalized spacial score (nSPS) is 14.4. The largest absolute Gasteiger partial charge is 0.493 e. The first kappa shape index (κ1) is 21.4. The molecule has 10 nitrogen and oxygen atoms in total. The maximum Gasteiger partial charge on any atom is 0.302 e. The van der Waals surface area contributed by atoms with E-state index >= 15 is 0 Å². The lowest BCUT2D eigenvalue weighted by Gasteiger charge is -2.17. The molecule has 1 aliphatic rings. The summed E-state index contributed by atoms with van der Waals surface area (Å²) in [5.74, 6) is -0.374. The fourth-order valence-electron chi connectivity index (χ4n) is 3.75. The molecule has 0 aliphatic carbocycles. The van der Waals surface area contributed by atoms with Crippen molar-refractivity contribution >= 4 is 28.2 Å². The van der Waals surface area contributed by atoms with Crippen molar-refractivity contribution in [3.63, 3.8) is 0 Å². The summed E-state index contributed by atoms with van der Waals surface area (Å²) in [5, 5.41) is 30.0. The number of azo groups is 1. The van der Waals surface area contributed by atoms with Crippen LogP contribution in [0.5, 0.6) is 11.6 Å². The number of carbonyl (C=O) groups excluding carboxylic acids is 1. The van der Waals surface area contributed by atoms with Crippen LogP contribution in [0.4, 0.5) is 11.4 Å². The van der Waals surface area contributed by atoms with Gasteiger partial charge in [-0.1, -0.05) is 11.6 Å². The summed E-state index contributed by atoms with van der Waals surface area (Å²) in [6.07, 6.45) is 2.27. The van der Waals surface area contributed by atoms with Crippen molar-refractivity contribution in [1.29, 1.82) is 0 Å². The Hall–Kier alpha value is -3.79. The molecule has 1 N–H and O–H groups in total. The van der Waals surface area contributed by atoms with Gasteiger partial charge in [0.1, 0.15) is 5.75 Å². The Balaban J connectivity index is 1.51. The minimum absolute atomic E-state index is 0.0367. The van der Waals surface area contributed by atoms with Crippen molar-refractivity contribution < 1.29 is 19.6 Å². The minimum atomic E-state index is -0.643. The number of amides is 1. The van der Waals surface area contributed by atoms with E-state index < -0.39 is 10.8 Å². The fraction of sp³-hybridized carbons (Fsp3) is 0.318. The van der Waals surface area contributed by atoms with Crippen LogP contribution in [-0.4, -0.2) is 45.1 Å². The van der Waals surface area contributed by atoms with Gasteiger partial charge in [0, 0.05) is 17.5 Å². The molecule has 0 radical (unpaired) electrons. The predicted molar refractivity (Wildman–Crippen MR) is 117 cm³/mol. The zero-order valence-corrected chi connectivity index (χ0v) is 17.6. The summed E-state index contributed by atoms with van der Waals surface area (Å²) in [6.45, 7) is 4.05. The zero-order valence-electron chi connectivity index (χ0n) is 17.6. The van der Waals surface area contributed by atoms with Crippen LogP contribution in [0.25, 0.3) is 10.9 Å². The summed E-state index contributed by atoms with van der Waals surface area (Å²) >= 11 is 0. The van der Waals surface area contributed by atoms with Crippen LogP contribution in [0.15, 0.2) is 52.7 Å². The number of aryl methyl sites for hydroxylation is 1. The van der Waals surface area contributed by atoms with Gasteiger partial charge in [-0.05, 0) is 57.1 Å². The number of carbonyl (C=O) groups is 1. The molecule has 10 heteroatoms. The average molecular weight is 437 g/mol. The number of nitrogens with zero attached hydrogens (tertiary/aromatic N) is 5. The Morgan fingerprint density at radius 2 is 1.91 bits per heavy atom. The number of rotatable bonds is 7. The first-order valence-electron chi connectivity index (χ1n) is 10.3. The maximum absolute atomic E-state index is 12.2. The SMILES string of the molecule is Cc1ccc2c(c1)c(N=NC(=O)COc1ccc([N+](=O)[O-])cc1)c(O)n2CN1CCCC1. The lowest BCUT2D eigenvalue weighted by atomic mass is 10.1. The van der Waals surface area contributed by atoms with Crippen molar-refractivity contribution in [1.82, 2.24) is 9.47 Å². The van der Waals surface area contributed by atoms with Gasteiger partial charge >= 0.3 is 5.91 Å². The third-order valence-electron chi connectivity index (χ3n) is 5.38. The van der Waals surface area contributed by atoms with Crippen LogP contribution in [0.2, 0.25) is 0 Å². The van der Waals surface area contributed by atoms with Gasteiger partial charge in [0.15, 0.2) is 12.3 Å². The molecule has 2 heterocycles. The van der Waals surface area contributed by atoms with E-state index in [9.17, 15) is 20.0 Å². The number of hydrogen-bond donors (Lipinski definition) is 1. The van der Waals surface area contributed by atoms with Crippen LogP contribution < -0.4 is 4.74 Å². The van der Waals surface area contributed by atoms with Crippen molar-refractivity contribution in [2.45, 2.75) is 26.4 Å². The van der Waals surface area contributed by atoms with Crippen molar-refractivity contribution in [3.05, 3.63) is 58.1 Å². The van der Waals surface area contributed by atoms with Crippen LogP contribution in [0.1, 0.15) is 18.4 Å². The lowest BCUT2D eigenvalue weighted by Crippen LogP contribution is -2.22. The first-order valence-corrected chi connectivity index (χ1v) is 10.3. The van der Waals surface area contributed by atoms with E-state index in [1.54, 1.807) is 4.57 Å². The third-order valence-corrected chi connectivity index (χ3v) is 5.38. The molecule has 0 unspecified atom stereocenters. The second kappa shape index (κ2) is 9.15. The molecule has 3 aromatic rings. The first-order chi connectivity index (χ1) is 15.4. The highest BCUT2D eigenvalue weighted by atomic mass is 16.6. The molecule has 1 amide bonds. The second-order valence-electron chi connectivity index (χ2n) is 7.72. The van der Waals surface area contributed by atoms with Crippen LogP contribution >= 0.6 is 0 Å². The Bertz CT molecular complexity index is 1180. The summed E-state index contributed by atoms with van der Waals surface area (Å²) in [7, 11) is 0. The van der Waals surface area contributed by atoms with Crippen LogP contribution in [0.3, 0.4) is 0 Å². The molecule has 1 fully saturated rings. The van der Waals surface area contributed by atoms with E-state index in [1.807, 2.05) is 25.1 Å². The molecular weight excluding hydrogens is 414 g/mol. The van der Waals surface area contributed by atoms with Gasteiger partial charge in [0.2, 0.25) is 5.88 Å². The van der Waals surface area contributed by atoms with Gasteiger partial charge in [-0.2, -0.15) is 0 Å².